The van der Waals surface area contributed by atoms with Crippen LogP contribution in [0.1, 0.15) is 49.7 Å². The molecule has 0 saturated heterocycles. The van der Waals surface area contributed by atoms with Gasteiger partial charge in [0.05, 0.1) is 7.11 Å². The van der Waals surface area contributed by atoms with Gasteiger partial charge in [0.1, 0.15) is 12.1 Å². The molecule has 7 nitrogen and oxygen atoms in total. The fourth-order valence-electron chi connectivity index (χ4n) is 3.32. The van der Waals surface area contributed by atoms with Gasteiger partial charge in [0.25, 0.3) is 5.91 Å². The molecule has 0 fully saturated rings. The van der Waals surface area contributed by atoms with Crippen molar-refractivity contribution in [3.63, 3.8) is 0 Å². The van der Waals surface area contributed by atoms with Crippen LogP contribution in [-0.4, -0.2) is 41.2 Å². The van der Waals surface area contributed by atoms with Crippen molar-refractivity contribution < 1.29 is 24.2 Å². The number of nitrogens with zero attached hydrogens (tertiary/aromatic N) is 1. The van der Waals surface area contributed by atoms with Gasteiger partial charge in [0.2, 0.25) is 0 Å². The van der Waals surface area contributed by atoms with E-state index in [4.69, 9.17) is 9.47 Å². The monoisotopic (exact) mass is 400 g/mol. The Kier molecular flexibility index (Phi) is 7.59. The van der Waals surface area contributed by atoms with Crippen molar-refractivity contribution >= 4 is 11.9 Å². The van der Waals surface area contributed by atoms with Crippen molar-refractivity contribution in [2.45, 2.75) is 45.8 Å². The number of amides is 1. The second-order valence-corrected chi connectivity index (χ2v) is 7.23. The van der Waals surface area contributed by atoms with Crippen LogP contribution < -0.4 is 10.1 Å². The van der Waals surface area contributed by atoms with Crippen LogP contribution in [0.3, 0.4) is 0 Å². The Morgan fingerprint density at radius 3 is 2.31 bits per heavy atom. The molecule has 1 amide bonds. The number of benzene rings is 1. The van der Waals surface area contributed by atoms with Gasteiger partial charge in [-0.25, -0.2) is 9.78 Å². The lowest BCUT2D eigenvalue weighted by Gasteiger charge is -2.28. The van der Waals surface area contributed by atoms with Crippen LogP contribution in [0.2, 0.25) is 0 Å². The van der Waals surface area contributed by atoms with Gasteiger partial charge in [0.15, 0.2) is 17.2 Å². The minimum atomic E-state index is -0.916. The highest BCUT2D eigenvalue weighted by atomic mass is 16.5. The quantitative estimate of drug-likeness (QED) is 0.660. The van der Waals surface area contributed by atoms with Gasteiger partial charge in [-0.3, -0.25) is 4.79 Å². The molecule has 0 saturated carbocycles. The number of pyridine rings is 1. The van der Waals surface area contributed by atoms with Gasteiger partial charge in [-0.15, -0.1) is 0 Å². The zero-order valence-corrected chi connectivity index (χ0v) is 17.4. The number of aromatic nitrogens is 1. The molecule has 2 aromatic rings. The normalized spacial score (nSPS) is 14.0. The zero-order valence-electron chi connectivity index (χ0n) is 17.4. The maximum Gasteiger partial charge on any atom is 0.328 e. The summed E-state index contributed by atoms with van der Waals surface area (Å²) in [6.45, 7) is 7.52. The minimum absolute atomic E-state index is 0.0205. The number of nitrogens with one attached hydrogen (secondary N) is 1. The number of rotatable bonds is 8. The summed E-state index contributed by atoms with van der Waals surface area (Å²) in [5, 5.41) is 12.6. The van der Waals surface area contributed by atoms with Crippen LogP contribution in [0.25, 0.3) is 0 Å². The summed E-state index contributed by atoms with van der Waals surface area (Å²) in [4.78, 5) is 28.8. The molecule has 1 aromatic carbocycles. The number of hydrogen-bond acceptors (Lipinski definition) is 6. The Labute approximate surface area is 171 Å². The van der Waals surface area contributed by atoms with E-state index >= 15 is 0 Å². The second kappa shape index (κ2) is 9.91. The summed E-state index contributed by atoms with van der Waals surface area (Å²) < 4.78 is 10.6. The third-order valence-electron chi connectivity index (χ3n) is 4.73. The molecule has 0 spiro atoms. The number of aromatic hydroxyl groups is 1. The number of carbonyl (C=O) groups excluding carboxylic acids is 2. The molecule has 2 N–H and O–H groups in total. The molecule has 0 aliphatic carbocycles. The van der Waals surface area contributed by atoms with Crippen molar-refractivity contribution in [2.24, 2.45) is 5.92 Å². The minimum Gasteiger partial charge on any atom is -0.503 e. The molecule has 3 atom stereocenters. The van der Waals surface area contributed by atoms with Gasteiger partial charge in [-0.05, 0) is 25.3 Å². The average molecular weight is 400 g/mol. The first kappa shape index (κ1) is 22.2. The predicted octanol–water partition coefficient (Wildman–Crippen LogP) is 3.29. The molecule has 7 heteroatoms. The molecule has 1 aromatic heterocycles. The van der Waals surface area contributed by atoms with Crippen LogP contribution in [0.5, 0.6) is 11.5 Å². The van der Waals surface area contributed by atoms with E-state index in [-0.39, 0.29) is 35.1 Å². The van der Waals surface area contributed by atoms with Crippen molar-refractivity contribution in [3.05, 3.63) is 53.9 Å². The van der Waals surface area contributed by atoms with E-state index in [0.29, 0.717) is 0 Å². The SMILES string of the molecule is COc1ccnc(C(=O)N[C@@H](C)C(=O)O[C@@H](C)[C@@H](c2ccccc2)C(C)C)c1O. The summed E-state index contributed by atoms with van der Waals surface area (Å²) in [6.07, 6.45) is 0.957. The van der Waals surface area contributed by atoms with Crippen LogP contribution in [0.15, 0.2) is 42.6 Å². The molecule has 0 radical (unpaired) electrons. The first-order valence-corrected chi connectivity index (χ1v) is 9.54. The molecule has 0 unspecified atom stereocenters. The number of methoxy groups -OCH3 is 1. The summed E-state index contributed by atoms with van der Waals surface area (Å²) >= 11 is 0. The van der Waals surface area contributed by atoms with Crippen molar-refractivity contribution in [1.82, 2.24) is 10.3 Å². The second-order valence-electron chi connectivity index (χ2n) is 7.23. The van der Waals surface area contributed by atoms with Crippen molar-refractivity contribution in [1.29, 1.82) is 0 Å². The summed E-state index contributed by atoms with van der Waals surface area (Å²) in [6, 6.07) is 10.4. The zero-order chi connectivity index (χ0) is 21.6. The molecular formula is C22H28N2O5. The van der Waals surface area contributed by atoms with E-state index in [0.717, 1.165) is 5.56 Å². The highest BCUT2D eigenvalue weighted by molar-refractivity contribution is 5.97. The van der Waals surface area contributed by atoms with Crippen LogP contribution >= 0.6 is 0 Å². The Morgan fingerprint density at radius 1 is 1.07 bits per heavy atom. The number of ether oxygens (including phenoxy) is 2. The molecular weight excluding hydrogens is 372 g/mol. The molecule has 2 rings (SSSR count). The van der Waals surface area contributed by atoms with E-state index in [1.807, 2.05) is 37.3 Å². The Hall–Kier alpha value is -3.09. The van der Waals surface area contributed by atoms with Gasteiger partial charge in [0, 0.05) is 18.2 Å². The van der Waals surface area contributed by atoms with E-state index in [9.17, 15) is 14.7 Å². The van der Waals surface area contributed by atoms with E-state index in [2.05, 4.69) is 24.1 Å². The first-order valence-electron chi connectivity index (χ1n) is 9.54. The molecule has 1 heterocycles. The van der Waals surface area contributed by atoms with Crippen LogP contribution in [0.4, 0.5) is 0 Å². The lowest BCUT2D eigenvalue weighted by atomic mass is 9.84. The number of esters is 1. The van der Waals surface area contributed by atoms with Gasteiger partial charge in [-0.2, -0.15) is 0 Å². The molecule has 156 valence electrons. The fraction of sp³-hybridized carbons (Fsp3) is 0.409. The number of carbonyl (C=O) groups is 2. The summed E-state index contributed by atoms with van der Waals surface area (Å²) in [5.41, 5.74) is 0.867. The van der Waals surface area contributed by atoms with Crippen molar-refractivity contribution in [3.8, 4) is 11.5 Å². The third kappa shape index (κ3) is 5.47. The van der Waals surface area contributed by atoms with Gasteiger partial charge in [-0.1, -0.05) is 44.2 Å². The lowest BCUT2D eigenvalue weighted by molar-refractivity contribution is -0.151. The van der Waals surface area contributed by atoms with Gasteiger partial charge < -0.3 is 19.9 Å². The maximum absolute atomic E-state index is 12.5. The Morgan fingerprint density at radius 2 is 1.72 bits per heavy atom. The fourth-order valence-corrected chi connectivity index (χ4v) is 3.32. The third-order valence-corrected chi connectivity index (χ3v) is 4.73. The van der Waals surface area contributed by atoms with Crippen LogP contribution in [-0.2, 0) is 9.53 Å². The highest BCUT2D eigenvalue weighted by Crippen LogP contribution is 2.30. The van der Waals surface area contributed by atoms with E-state index in [1.54, 1.807) is 0 Å². The van der Waals surface area contributed by atoms with E-state index < -0.39 is 17.9 Å². The molecule has 0 aliphatic heterocycles. The van der Waals surface area contributed by atoms with E-state index in [1.165, 1.54) is 26.3 Å². The molecule has 0 bridgehead atoms. The Balaban J connectivity index is 2.05. The topological polar surface area (TPSA) is 97.8 Å². The maximum atomic E-state index is 12.5. The van der Waals surface area contributed by atoms with Crippen molar-refractivity contribution in [2.75, 3.05) is 7.11 Å². The standard InChI is InChI=1S/C22H28N2O5/c1-13(2)18(16-9-7-6-8-10-16)15(4)29-22(27)14(3)24-21(26)19-20(25)17(28-5)11-12-23-19/h6-15,18,25H,1-5H3,(H,24,26)/t14-,15-,18-/m0/s1. The molecule has 29 heavy (non-hydrogen) atoms. The Bertz CT molecular complexity index is 838. The highest BCUT2D eigenvalue weighted by Gasteiger charge is 2.29. The molecule has 0 aliphatic rings. The first-order chi connectivity index (χ1) is 13.8. The largest absolute Gasteiger partial charge is 0.503 e. The predicted molar refractivity (Wildman–Crippen MR) is 109 cm³/mol. The van der Waals surface area contributed by atoms with Gasteiger partial charge >= 0.3 is 5.97 Å². The average Bonchev–Trinajstić information content (AvgIpc) is 2.68. The lowest BCUT2D eigenvalue weighted by Crippen LogP contribution is -2.42. The smallest absolute Gasteiger partial charge is 0.328 e. The summed E-state index contributed by atoms with van der Waals surface area (Å²) in [5.74, 6) is -1.24. The summed E-state index contributed by atoms with van der Waals surface area (Å²) in [7, 11) is 1.37. The number of hydrogen-bond donors (Lipinski definition) is 2. The van der Waals surface area contributed by atoms with Crippen LogP contribution in [0, 0.1) is 5.92 Å².